The summed E-state index contributed by atoms with van der Waals surface area (Å²) in [5, 5.41) is 3.03. The number of benzene rings is 1. The van der Waals surface area contributed by atoms with Crippen LogP contribution in [-0.2, 0) is 4.74 Å². The molecular formula is C13H20N2O2. The molecule has 0 heterocycles. The lowest BCUT2D eigenvalue weighted by Crippen LogP contribution is -2.34. The molecule has 1 rings (SSSR count). The number of rotatable bonds is 6. The minimum atomic E-state index is 0.0366. The number of methoxy groups -OCH3 is 1. The summed E-state index contributed by atoms with van der Waals surface area (Å²) in [7, 11) is 3.46. The van der Waals surface area contributed by atoms with E-state index in [4.69, 9.17) is 4.74 Å². The van der Waals surface area contributed by atoms with Crippen LogP contribution in [0.4, 0.5) is 5.69 Å². The Labute approximate surface area is 103 Å². The largest absolute Gasteiger partial charge is 0.387 e. The number of carbonyl (C=O) groups is 1. The first-order chi connectivity index (χ1) is 8.24. The zero-order valence-electron chi connectivity index (χ0n) is 10.7. The van der Waals surface area contributed by atoms with Crippen molar-refractivity contribution in [1.82, 2.24) is 4.90 Å². The Bertz CT molecular complexity index is 366. The molecule has 0 unspecified atom stereocenters. The van der Waals surface area contributed by atoms with Crippen molar-refractivity contribution in [3.8, 4) is 0 Å². The molecule has 4 nitrogen and oxygen atoms in total. The lowest BCUT2D eigenvalue weighted by molar-refractivity contribution is 0.0707. The molecule has 1 N–H and O–H groups in total. The summed E-state index contributed by atoms with van der Waals surface area (Å²) in [5.41, 5.74) is 1.56. The van der Waals surface area contributed by atoms with E-state index in [2.05, 4.69) is 5.32 Å². The summed E-state index contributed by atoms with van der Waals surface area (Å²) < 4.78 is 5.01. The second kappa shape index (κ2) is 6.91. The highest BCUT2D eigenvalue weighted by Crippen LogP contribution is 2.16. The molecule has 1 amide bonds. The molecule has 4 heteroatoms. The molecule has 0 aliphatic rings. The zero-order valence-corrected chi connectivity index (χ0v) is 10.7. The number of ether oxygens (including phenoxy) is 1. The molecule has 0 saturated carbocycles. The third-order valence-corrected chi connectivity index (χ3v) is 2.66. The molecule has 0 saturated heterocycles. The molecule has 0 fully saturated rings. The normalized spacial score (nSPS) is 10.1. The van der Waals surface area contributed by atoms with E-state index in [0.717, 1.165) is 5.69 Å². The van der Waals surface area contributed by atoms with Gasteiger partial charge in [-0.2, -0.15) is 0 Å². The quantitative estimate of drug-likeness (QED) is 0.819. The molecular weight excluding hydrogens is 216 g/mol. The van der Waals surface area contributed by atoms with Crippen molar-refractivity contribution in [2.45, 2.75) is 6.92 Å². The van der Waals surface area contributed by atoms with Crippen LogP contribution in [0.15, 0.2) is 24.3 Å². The van der Waals surface area contributed by atoms with Gasteiger partial charge in [0.1, 0.15) is 0 Å². The maximum atomic E-state index is 12.3. The molecule has 94 valence electrons. The minimum Gasteiger partial charge on any atom is -0.387 e. The van der Waals surface area contributed by atoms with Gasteiger partial charge in [0, 0.05) is 32.9 Å². The first-order valence-electron chi connectivity index (χ1n) is 5.79. The number of para-hydroxylation sites is 1. The number of anilines is 1. The van der Waals surface area contributed by atoms with E-state index in [1.807, 2.05) is 38.2 Å². The fraction of sp³-hybridized carbons (Fsp3) is 0.462. The van der Waals surface area contributed by atoms with Gasteiger partial charge in [-0.05, 0) is 19.1 Å². The number of carbonyl (C=O) groups excluding carboxylic acids is 1. The summed E-state index contributed by atoms with van der Waals surface area (Å²) in [6, 6.07) is 7.52. The molecule has 0 aliphatic heterocycles. The molecule has 0 bridgehead atoms. The van der Waals surface area contributed by atoms with Gasteiger partial charge in [0.25, 0.3) is 5.91 Å². The van der Waals surface area contributed by atoms with E-state index >= 15 is 0 Å². The van der Waals surface area contributed by atoms with Gasteiger partial charge in [-0.15, -0.1) is 0 Å². The number of nitrogens with zero attached hydrogens (tertiary/aromatic N) is 1. The molecule has 1 aromatic rings. The van der Waals surface area contributed by atoms with Gasteiger partial charge in [-0.3, -0.25) is 4.79 Å². The Hall–Kier alpha value is -1.55. The molecule has 0 aromatic heterocycles. The predicted molar refractivity (Wildman–Crippen MR) is 69.4 cm³/mol. The lowest BCUT2D eigenvalue weighted by atomic mass is 10.1. The van der Waals surface area contributed by atoms with E-state index in [-0.39, 0.29) is 5.91 Å². The summed E-state index contributed by atoms with van der Waals surface area (Å²) in [6.07, 6.45) is 0. The van der Waals surface area contributed by atoms with Gasteiger partial charge >= 0.3 is 0 Å². The van der Waals surface area contributed by atoms with Crippen LogP contribution in [-0.4, -0.2) is 44.7 Å². The smallest absolute Gasteiger partial charge is 0.256 e. The van der Waals surface area contributed by atoms with E-state index in [0.29, 0.717) is 25.3 Å². The van der Waals surface area contributed by atoms with Crippen LogP contribution >= 0.6 is 0 Å². The number of hydrogen-bond donors (Lipinski definition) is 1. The Kier molecular flexibility index (Phi) is 5.49. The average Bonchev–Trinajstić information content (AvgIpc) is 2.39. The second-order valence-corrected chi connectivity index (χ2v) is 3.67. The SMILES string of the molecule is CCN(CCOC)C(=O)c1ccccc1NC. The fourth-order valence-corrected chi connectivity index (χ4v) is 1.66. The van der Waals surface area contributed by atoms with E-state index < -0.39 is 0 Å². The Morgan fingerprint density at radius 1 is 1.41 bits per heavy atom. The molecule has 0 aliphatic carbocycles. The Balaban J connectivity index is 2.85. The van der Waals surface area contributed by atoms with Crippen LogP contribution in [0.5, 0.6) is 0 Å². The predicted octanol–water partition coefficient (Wildman–Crippen LogP) is 1.84. The Morgan fingerprint density at radius 2 is 2.12 bits per heavy atom. The summed E-state index contributed by atoms with van der Waals surface area (Å²) in [5.74, 6) is 0.0366. The van der Waals surface area contributed by atoms with Crippen LogP contribution in [0.25, 0.3) is 0 Å². The summed E-state index contributed by atoms with van der Waals surface area (Å²) >= 11 is 0. The average molecular weight is 236 g/mol. The van der Waals surface area contributed by atoms with Crippen molar-refractivity contribution < 1.29 is 9.53 Å². The zero-order chi connectivity index (χ0) is 12.7. The van der Waals surface area contributed by atoms with Crippen LogP contribution in [0.2, 0.25) is 0 Å². The Morgan fingerprint density at radius 3 is 2.71 bits per heavy atom. The maximum absolute atomic E-state index is 12.3. The molecule has 1 aromatic carbocycles. The van der Waals surface area contributed by atoms with Gasteiger partial charge in [0.05, 0.1) is 12.2 Å². The highest BCUT2D eigenvalue weighted by atomic mass is 16.5. The van der Waals surface area contributed by atoms with E-state index in [1.165, 1.54) is 0 Å². The van der Waals surface area contributed by atoms with Crippen molar-refractivity contribution in [1.29, 1.82) is 0 Å². The maximum Gasteiger partial charge on any atom is 0.256 e. The highest BCUT2D eigenvalue weighted by molar-refractivity contribution is 5.99. The number of likely N-dealkylation sites (N-methyl/N-ethyl adjacent to an activating group) is 1. The van der Waals surface area contributed by atoms with Crippen LogP contribution in [0, 0.1) is 0 Å². The third-order valence-electron chi connectivity index (χ3n) is 2.66. The molecule has 0 radical (unpaired) electrons. The fourth-order valence-electron chi connectivity index (χ4n) is 1.66. The van der Waals surface area contributed by atoms with Crippen LogP contribution < -0.4 is 5.32 Å². The second-order valence-electron chi connectivity index (χ2n) is 3.67. The summed E-state index contributed by atoms with van der Waals surface area (Å²) in [6.45, 7) is 3.82. The van der Waals surface area contributed by atoms with Crippen molar-refractivity contribution >= 4 is 11.6 Å². The standard InChI is InChI=1S/C13H20N2O2/c1-4-15(9-10-17-3)13(16)11-7-5-6-8-12(11)14-2/h5-8,14H,4,9-10H2,1-3H3. The van der Waals surface area contributed by atoms with E-state index in [1.54, 1.807) is 12.0 Å². The van der Waals surface area contributed by atoms with Crippen LogP contribution in [0.3, 0.4) is 0 Å². The number of amides is 1. The van der Waals surface area contributed by atoms with Gasteiger partial charge < -0.3 is 15.0 Å². The van der Waals surface area contributed by atoms with Crippen molar-refractivity contribution in [2.75, 3.05) is 39.2 Å². The van der Waals surface area contributed by atoms with Gasteiger partial charge in [-0.1, -0.05) is 12.1 Å². The van der Waals surface area contributed by atoms with Gasteiger partial charge in [0.2, 0.25) is 0 Å². The topological polar surface area (TPSA) is 41.6 Å². The molecule has 17 heavy (non-hydrogen) atoms. The highest BCUT2D eigenvalue weighted by Gasteiger charge is 2.16. The van der Waals surface area contributed by atoms with Gasteiger partial charge in [0.15, 0.2) is 0 Å². The number of nitrogens with one attached hydrogen (secondary N) is 1. The minimum absolute atomic E-state index is 0.0366. The summed E-state index contributed by atoms with van der Waals surface area (Å²) in [4.78, 5) is 14.1. The van der Waals surface area contributed by atoms with Gasteiger partial charge in [-0.25, -0.2) is 0 Å². The van der Waals surface area contributed by atoms with Crippen LogP contribution in [0.1, 0.15) is 17.3 Å². The molecule has 0 spiro atoms. The first-order valence-corrected chi connectivity index (χ1v) is 5.79. The molecule has 0 atom stereocenters. The third kappa shape index (κ3) is 3.46. The number of hydrogen-bond acceptors (Lipinski definition) is 3. The first kappa shape index (κ1) is 13.5. The van der Waals surface area contributed by atoms with E-state index in [9.17, 15) is 4.79 Å². The lowest BCUT2D eigenvalue weighted by Gasteiger charge is -2.21. The van der Waals surface area contributed by atoms with Crippen molar-refractivity contribution in [3.63, 3.8) is 0 Å². The van der Waals surface area contributed by atoms with Crippen molar-refractivity contribution in [3.05, 3.63) is 29.8 Å². The van der Waals surface area contributed by atoms with Crippen molar-refractivity contribution in [2.24, 2.45) is 0 Å². The monoisotopic (exact) mass is 236 g/mol.